The number of hydrogen-bond acceptors (Lipinski definition) is 3. The summed E-state index contributed by atoms with van der Waals surface area (Å²) in [5, 5.41) is 8.19. The Hall–Kier alpha value is -1.49. The van der Waals surface area contributed by atoms with Crippen molar-refractivity contribution in [2.24, 2.45) is 5.41 Å². The highest BCUT2D eigenvalue weighted by Crippen LogP contribution is 2.28. The third kappa shape index (κ3) is 4.28. The zero-order valence-electron chi connectivity index (χ0n) is 14.4. The van der Waals surface area contributed by atoms with Crippen LogP contribution >= 0.6 is 15.9 Å². The smallest absolute Gasteiger partial charge is 0.163 e. The standard InChI is InChI=1S/C18H24BrN3O/c1-6-18(4,5)10-16(23)13-7-14(19)9-15(8-13)22-11-20-21-17(22)12(2)3/h7-9,11-12H,6,10H2,1-5H3. The van der Waals surface area contributed by atoms with Gasteiger partial charge in [0.05, 0.1) is 5.69 Å². The summed E-state index contributed by atoms with van der Waals surface area (Å²) in [6.45, 7) is 10.5. The zero-order chi connectivity index (χ0) is 17.2. The number of benzene rings is 1. The first-order valence-corrected chi connectivity index (χ1v) is 8.77. The molecule has 1 heterocycles. The van der Waals surface area contributed by atoms with Crippen molar-refractivity contribution in [3.63, 3.8) is 0 Å². The van der Waals surface area contributed by atoms with Gasteiger partial charge in [-0.2, -0.15) is 0 Å². The lowest BCUT2D eigenvalue weighted by Crippen LogP contribution is -2.16. The Labute approximate surface area is 146 Å². The minimum absolute atomic E-state index is 0.0131. The summed E-state index contributed by atoms with van der Waals surface area (Å²) in [5.74, 6) is 1.31. The molecule has 2 aromatic rings. The Morgan fingerprint density at radius 3 is 2.61 bits per heavy atom. The molecule has 5 heteroatoms. The van der Waals surface area contributed by atoms with E-state index in [4.69, 9.17) is 0 Å². The number of carbonyl (C=O) groups is 1. The molecule has 0 saturated carbocycles. The largest absolute Gasteiger partial charge is 0.294 e. The van der Waals surface area contributed by atoms with Gasteiger partial charge in [-0.05, 0) is 23.6 Å². The predicted molar refractivity (Wildman–Crippen MR) is 96.2 cm³/mol. The van der Waals surface area contributed by atoms with Crippen molar-refractivity contribution in [1.82, 2.24) is 14.8 Å². The van der Waals surface area contributed by atoms with Crippen molar-refractivity contribution in [1.29, 1.82) is 0 Å². The molecule has 124 valence electrons. The Kier molecular flexibility index (Phi) is 5.40. The monoisotopic (exact) mass is 377 g/mol. The van der Waals surface area contributed by atoms with E-state index in [1.807, 2.05) is 22.8 Å². The van der Waals surface area contributed by atoms with Gasteiger partial charge in [-0.1, -0.05) is 57.0 Å². The van der Waals surface area contributed by atoms with Crippen LogP contribution in [-0.2, 0) is 0 Å². The van der Waals surface area contributed by atoms with Crippen molar-refractivity contribution in [3.05, 3.63) is 40.4 Å². The van der Waals surface area contributed by atoms with Crippen molar-refractivity contribution in [2.45, 2.75) is 53.4 Å². The molecule has 1 aromatic heterocycles. The summed E-state index contributed by atoms with van der Waals surface area (Å²) >= 11 is 3.52. The molecule has 0 saturated heterocycles. The van der Waals surface area contributed by atoms with E-state index in [1.54, 1.807) is 6.33 Å². The first-order valence-electron chi connectivity index (χ1n) is 7.97. The number of rotatable bonds is 6. The molecule has 2 rings (SSSR count). The molecule has 0 radical (unpaired) electrons. The van der Waals surface area contributed by atoms with Crippen LogP contribution in [0.4, 0.5) is 0 Å². The molecule has 0 aliphatic rings. The highest BCUT2D eigenvalue weighted by atomic mass is 79.9. The number of carbonyl (C=O) groups excluding carboxylic acids is 1. The highest BCUT2D eigenvalue weighted by molar-refractivity contribution is 9.10. The van der Waals surface area contributed by atoms with Crippen LogP contribution in [0.1, 0.15) is 69.6 Å². The highest BCUT2D eigenvalue weighted by Gasteiger charge is 2.21. The van der Waals surface area contributed by atoms with Gasteiger partial charge in [0.15, 0.2) is 5.78 Å². The Morgan fingerprint density at radius 2 is 2.00 bits per heavy atom. The first-order chi connectivity index (χ1) is 10.7. The molecule has 0 unspecified atom stereocenters. The van der Waals surface area contributed by atoms with Crippen LogP contribution in [-0.4, -0.2) is 20.5 Å². The van der Waals surface area contributed by atoms with E-state index in [9.17, 15) is 4.79 Å². The van der Waals surface area contributed by atoms with Crippen LogP contribution < -0.4 is 0 Å². The summed E-state index contributed by atoms with van der Waals surface area (Å²) in [4.78, 5) is 12.7. The van der Waals surface area contributed by atoms with E-state index in [0.29, 0.717) is 6.42 Å². The topological polar surface area (TPSA) is 47.8 Å². The normalized spacial score (nSPS) is 12.0. The number of hydrogen-bond donors (Lipinski definition) is 0. The fourth-order valence-corrected chi connectivity index (χ4v) is 2.85. The lowest BCUT2D eigenvalue weighted by Gasteiger charge is -2.21. The maximum absolute atomic E-state index is 12.7. The van der Waals surface area contributed by atoms with Gasteiger partial charge in [0.25, 0.3) is 0 Å². The van der Waals surface area contributed by atoms with E-state index in [2.05, 4.69) is 60.7 Å². The first kappa shape index (κ1) is 17.9. The van der Waals surface area contributed by atoms with Crippen molar-refractivity contribution < 1.29 is 4.79 Å². The van der Waals surface area contributed by atoms with Crippen molar-refractivity contribution in [2.75, 3.05) is 0 Å². The molecule has 0 aliphatic heterocycles. The van der Waals surface area contributed by atoms with Gasteiger partial charge < -0.3 is 0 Å². The summed E-state index contributed by atoms with van der Waals surface area (Å²) in [6, 6.07) is 5.79. The van der Waals surface area contributed by atoms with E-state index < -0.39 is 0 Å². The van der Waals surface area contributed by atoms with Crippen molar-refractivity contribution >= 4 is 21.7 Å². The Bertz CT molecular complexity index is 704. The average Bonchev–Trinajstić information content (AvgIpc) is 2.96. The van der Waals surface area contributed by atoms with Gasteiger partial charge in [0, 0.05) is 22.4 Å². The van der Waals surface area contributed by atoms with Gasteiger partial charge in [0.1, 0.15) is 12.2 Å². The zero-order valence-corrected chi connectivity index (χ0v) is 16.0. The minimum atomic E-state index is 0.0131. The quantitative estimate of drug-likeness (QED) is 0.652. The molecular weight excluding hydrogens is 354 g/mol. The van der Waals surface area contributed by atoms with Crippen molar-refractivity contribution in [3.8, 4) is 5.69 Å². The Balaban J connectivity index is 2.40. The van der Waals surface area contributed by atoms with Gasteiger partial charge in [-0.3, -0.25) is 9.36 Å². The number of halogens is 1. The number of Topliss-reactive ketones (excluding diaryl/α,β-unsaturated/α-hetero) is 1. The molecule has 23 heavy (non-hydrogen) atoms. The van der Waals surface area contributed by atoms with Gasteiger partial charge in [0.2, 0.25) is 0 Å². The van der Waals surface area contributed by atoms with Gasteiger partial charge >= 0.3 is 0 Å². The van der Waals surface area contributed by atoms with E-state index in [1.165, 1.54) is 0 Å². The molecule has 0 N–H and O–H groups in total. The molecule has 0 aliphatic carbocycles. The molecule has 0 amide bonds. The second-order valence-corrected chi connectivity index (χ2v) is 7.95. The lowest BCUT2D eigenvalue weighted by molar-refractivity contribution is 0.0928. The molecule has 0 bridgehead atoms. The molecule has 0 atom stereocenters. The molecule has 4 nitrogen and oxygen atoms in total. The fraction of sp³-hybridized carbons (Fsp3) is 0.500. The maximum Gasteiger partial charge on any atom is 0.163 e. The van der Waals surface area contributed by atoms with E-state index in [0.717, 1.165) is 28.0 Å². The molecule has 0 spiro atoms. The molecular formula is C18H24BrN3O. The second kappa shape index (κ2) is 6.95. The second-order valence-electron chi connectivity index (χ2n) is 7.03. The number of nitrogens with zero attached hydrogens (tertiary/aromatic N) is 3. The van der Waals surface area contributed by atoms with E-state index >= 15 is 0 Å². The number of ketones is 1. The average molecular weight is 378 g/mol. The van der Waals surface area contributed by atoms with Crippen LogP contribution in [0.15, 0.2) is 29.0 Å². The summed E-state index contributed by atoms with van der Waals surface area (Å²) in [5.41, 5.74) is 1.64. The third-order valence-corrected chi connectivity index (χ3v) is 4.63. The lowest BCUT2D eigenvalue weighted by atomic mass is 9.83. The summed E-state index contributed by atoms with van der Waals surface area (Å²) < 4.78 is 2.83. The minimum Gasteiger partial charge on any atom is -0.294 e. The van der Waals surface area contributed by atoms with Crippen LogP contribution in [0.5, 0.6) is 0 Å². The third-order valence-electron chi connectivity index (χ3n) is 4.17. The van der Waals surface area contributed by atoms with Crippen LogP contribution in [0.3, 0.4) is 0 Å². The molecule has 1 aromatic carbocycles. The summed E-state index contributed by atoms with van der Waals surface area (Å²) in [6.07, 6.45) is 3.21. The van der Waals surface area contributed by atoms with Crippen LogP contribution in [0.2, 0.25) is 0 Å². The van der Waals surface area contributed by atoms with Gasteiger partial charge in [-0.25, -0.2) is 0 Å². The fourth-order valence-electron chi connectivity index (χ4n) is 2.37. The van der Waals surface area contributed by atoms with Gasteiger partial charge in [-0.15, -0.1) is 10.2 Å². The van der Waals surface area contributed by atoms with E-state index in [-0.39, 0.29) is 17.1 Å². The van der Waals surface area contributed by atoms with Crippen LogP contribution in [0.25, 0.3) is 5.69 Å². The Morgan fingerprint density at radius 1 is 1.30 bits per heavy atom. The molecule has 0 fully saturated rings. The van der Waals surface area contributed by atoms with Crippen LogP contribution in [0, 0.1) is 5.41 Å². The predicted octanol–water partition coefficient (Wildman–Crippen LogP) is 5.16. The number of aromatic nitrogens is 3. The summed E-state index contributed by atoms with van der Waals surface area (Å²) in [7, 11) is 0. The maximum atomic E-state index is 12.7. The SMILES string of the molecule is CCC(C)(C)CC(=O)c1cc(Br)cc(-n2cnnc2C(C)C)c1.